The lowest BCUT2D eigenvalue weighted by Gasteiger charge is -2.19. The van der Waals surface area contributed by atoms with Crippen molar-refractivity contribution in [2.45, 2.75) is 19.9 Å². The molecule has 0 radical (unpaired) electrons. The van der Waals surface area contributed by atoms with Crippen molar-refractivity contribution in [1.29, 1.82) is 0 Å². The third kappa shape index (κ3) is 3.52. The fourth-order valence-corrected chi connectivity index (χ4v) is 2.89. The lowest BCUT2D eigenvalue weighted by molar-refractivity contribution is 0.571. The molecule has 2 aromatic rings. The van der Waals surface area contributed by atoms with E-state index < -0.39 is 23.5 Å². The fraction of sp³-hybridized carbons (Fsp3) is 0.200. The first-order valence-electron chi connectivity index (χ1n) is 6.16. The van der Waals surface area contributed by atoms with Gasteiger partial charge in [0, 0.05) is 10.0 Å². The largest absolute Gasteiger partial charge is 0.376 e. The quantitative estimate of drug-likeness (QED) is 0.690. The van der Waals surface area contributed by atoms with E-state index in [1.165, 1.54) is 13.0 Å². The van der Waals surface area contributed by atoms with Crippen LogP contribution in [0.2, 0.25) is 5.02 Å². The van der Waals surface area contributed by atoms with E-state index in [1.807, 2.05) is 0 Å². The maximum atomic E-state index is 13.9. The van der Waals surface area contributed by atoms with Crippen LogP contribution in [0.25, 0.3) is 0 Å². The molecule has 1 N–H and O–H groups in total. The van der Waals surface area contributed by atoms with E-state index in [0.29, 0.717) is 10.2 Å². The first kappa shape index (κ1) is 16.2. The second-order valence-electron chi connectivity index (χ2n) is 4.73. The highest BCUT2D eigenvalue weighted by Crippen LogP contribution is 2.35. The Bertz CT molecular complexity index is 668. The van der Waals surface area contributed by atoms with E-state index >= 15 is 0 Å². The molecule has 0 saturated carbocycles. The average Bonchev–Trinajstić information content (AvgIpc) is 2.37. The summed E-state index contributed by atoms with van der Waals surface area (Å²) in [4.78, 5) is 0. The first-order chi connectivity index (χ1) is 9.79. The van der Waals surface area contributed by atoms with Crippen LogP contribution in [-0.4, -0.2) is 0 Å². The van der Waals surface area contributed by atoms with E-state index in [2.05, 4.69) is 21.2 Å². The minimum Gasteiger partial charge on any atom is -0.376 e. The molecule has 0 heterocycles. The van der Waals surface area contributed by atoms with Gasteiger partial charge in [0.1, 0.15) is 17.5 Å². The standard InChI is InChI=1S/C15H12BrClF3N/c1-7-3-14(20)10(6-13(7)19)8(2)21-15-11(16)4-9(18)5-12(15)17/h3-6,8,21H,1-2H3. The molecule has 0 aliphatic rings. The normalized spacial score (nSPS) is 12.3. The van der Waals surface area contributed by atoms with Crippen molar-refractivity contribution in [3.05, 3.63) is 62.3 Å². The van der Waals surface area contributed by atoms with Crippen LogP contribution in [0.3, 0.4) is 0 Å². The van der Waals surface area contributed by atoms with E-state index in [0.717, 1.165) is 18.2 Å². The Morgan fingerprint density at radius 1 is 1.10 bits per heavy atom. The summed E-state index contributed by atoms with van der Waals surface area (Å²) < 4.78 is 41.1. The molecule has 0 aromatic heterocycles. The van der Waals surface area contributed by atoms with Crippen LogP contribution in [0, 0.1) is 24.4 Å². The summed E-state index contributed by atoms with van der Waals surface area (Å²) in [6.07, 6.45) is 0. The van der Waals surface area contributed by atoms with Crippen LogP contribution >= 0.6 is 27.5 Å². The summed E-state index contributed by atoms with van der Waals surface area (Å²) in [5.41, 5.74) is 0.834. The molecule has 2 rings (SSSR count). The van der Waals surface area contributed by atoms with Gasteiger partial charge in [0.25, 0.3) is 0 Å². The maximum Gasteiger partial charge on any atom is 0.128 e. The molecule has 2 aromatic carbocycles. The van der Waals surface area contributed by atoms with Gasteiger partial charge in [-0.1, -0.05) is 11.6 Å². The van der Waals surface area contributed by atoms with Gasteiger partial charge >= 0.3 is 0 Å². The summed E-state index contributed by atoms with van der Waals surface area (Å²) in [5, 5.41) is 3.11. The number of aryl methyl sites for hydroxylation is 1. The van der Waals surface area contributed by atoms with E-state index in [-0.39, 0.29) is 16.1 Å². The summed E-state index contributed by atoms with van der Waals surface area (Å²) in [7, 11) is 0. The van der Waals surface area contributed by atoms with Crippen molar-refractivity contribution in [2.75, 3.05) is 5.32 Å². The highest BCUT2D eigenvalue weighted by Gasteiger charge is 2.16. The molecule has 0 saturated heterocycles. The highest BCUT2D eigenvalue weighted by atomic mass is 79.9. The Hall–Kier alpha value is -1.20. The van der Waals surface area contributed by atoms with Crippen molar-refractivity contribution in [3.63, 3.8) is 0 Å². The first-order valence-corrected chi connectivity index (χ1v) is 7.33. The van der Waals surface area contributed by atoms with Crippen molar-refractivity contribution < 1.29 is 13.2 Å². The van der Waals surface area contributed by atoms with Crippen molar-refractivity contribution >= 4 is 33.2 Å². The van der Waals surface area contributed by atoms with Crippen LogP contribution in [0.4, 0.5) is 18.9 Å². The predicted octanol–water partition coefficient (Wildman–Crippen LogP) is 6.00. The monoisotopic (exact) mass is 377 g/mol. The second kappa shape index (κ2) is 6.28. The molecule has 0 bridgehead atoms. The van der Waals surface area contributed by atoms with Crippen LogP contribution < -0.4 is 5.32 Å². The summed E-state index contributed by atoms with van der Waals surface area (Å²) in [5.74, 6) is -1.48. The Morgan fingerprint density at radius 2 is 1.76 bits per heavy atom. The van der Waals surface area contributed by atoms with Gasteiger partial charge in [0.2, 0.25) is 0 Å². The minimum absolute atomic E-state index is 0.154. The van der Waals surface area contributed by atoms with E-state index in [9.17, 15) is 13.2 Å². The predicted molar refractivity (Wildman–Crippen MR) is 82.2 cm³/mol. The van der Waals surface area contributed by atoms with Crippen LogP contribution in [0.15, 0.2) is 28.7 Å². The molecule has 0 aliphatic heterocycles. The molecule has 0 fully saturated rings. The molecule has 21 heavy (non-hydrogen) atoms. The highest BCUT2D eigenvalue weighted by molar-refractivity contribution is 9.10. The van der Waals surface area contributed by atoms with Gasteiger partial charge in [-0.2, -0.15) is 0 Å². The second-order valence-corrected chi connectivity index (χ2v) is 5.99. The zero-order chi connectivity index (χ0) is 15.7. The lowest BCUT2D eigenvalue weighted by Crippen LogP contribution is -2.10. The van der Waals surface area contributed by atoms with Crippen molar-refractivity contribution in [1.82, 2.24) is 0 Å². The molecule has 0 amide bonds. The molecule has 1 nitrogen and oxygen atoms in total. The van der Waals surface area contributed by atoms with Crippen LogP contribution in [0.1, 0.15) is 24.1 Å². The molecule has 112 valence electrons. The smallest absolute Gasteiger partial charge is 0.128 e. The topological polar surface area (TPSA) is 12.0 Å². The molecular formula is C15H12BrClF3N. The van der Waals surface area contributed by atoms with Gasteiger partial charge in [-0.05, 0) is 59.6 Å². The van der Waals surface area contributed by atoms with Crippen LogP contribution in [0.5, 0.6) is 0 Å². The lowest BCUT2D eigenvalue weighted by atomic mass is 10.0. The molecule has 1 unspecified atom stereocenters. The molecular weight excluding hydrogens is 367 g/mol. The minimum atomic E-state index is -0.542. The number of rotatable bonds is 3. The molecule has 6 heteroatoms. The number of anilines is 1. The van der Waals surface area contributed by atoms with E-state index in [1.54, 1.807) is 6.92 Å². The third-order valence-corrected chi connectivity index (χ3v) is 4.04. The summed E-state index contributed by atoms with van der Waals surface area (Å²) in [6.45, 7) is 3.16. The van der Waals surface area contributed by atoms with Gasteiger partial charge in [0.15, 0.2) is 0 Å². The Kier molecular flexibility index (Phi) is 4.84. The van der Waals surface area contributed by atoms with Crippen LogP contribution in [-0.2, 0) is 0 Å². The van der Waals surface area contributed by atoms with Gasteiger partial charge in [-0.15, -0.1) is 0 Å². The van der Waals surface area contributed by atoms with Crippen molar-refractivity contribution in [3.8, 4) is 0 Å². The Labute approximate surface area is 134 Å². The van der Waals surface area contributed by atoms with E-state index in [4.69, 9.17) is 11.6 Å². The maximum absolute atomic E-state index is 13.9. The van der Waals surface area contributed by atoms with Gasteiger partial charge < -0.3 is 5.32 Å². The SMILES string of the molecule is Cc1cc(F)c(C(C)Nc2c(Cl)cc(F)cc2Br)cc1F. The molecule has 0 aliphatic carbocycles. The molecule has 0 spiro atoms. The molecule has 1 atom stereocenters. The third-order valence-electron chi connectivity index (χ3n) is 3.11. The summed E-state index contributed by atoms with van der Waals surface area (Å²) >= 11 is 9.15. The number of halogens is 5. The number of nitrogens with one attached hydrogen (secondary N) is 1. The number of hydrogen-bond acceptors (Lipinski definition) is 1. The van der Waals surface area contributed by atoms with Gasteiger partial charge in [-0.3, -0.25) is 0 Å². The summed E-state index contributed by atoms with van der Waals surface area (Å²) in [6, 6.07) is 4.14. The average molecular weight is 379 g/mol. The van der Waals surface area contributed by atoms with Crippen molar-refractivity contribution in [2.24, 2.45) is 0 Å². The van der Waals surface area contributed by atoms with Gasteiger partial charge in [-0.25, -0.2) is 13.2 Å². The fourth-order valence-electron chi connectivity index (χ4n) is 1.97. The number of hydrogen-bond donors (Lipinski definition) is 1. The Balaban J connectivity index is 2.35. The zero-order valence-corrected chi connectivity index (χ0v) is 13.6. The Morgan fingerprint density at radius 3 is 2.38 bits per heavy atom. The zero-order valence-electron chi connectivity index (χ0n) is 11.3. The van der Waals surface area contributed by atoms with Gasteiger partial charge in [0.05, 0.1) is 16.8 Å². The number of benzene rings is 2.